The minimum absolute atomic E-state index is 0.310. The Bertz CT molecular complexity index is 1080. The molecule has 8 heteroatoms. The monoisotopic (exact) mass is 376 g/mol. The molecule has 2 N–H and O–H groups in total. The highest BCUT2D eigenvalue weighted by atomic mass is 16.5. The van der Waals surface area contributed by atoms with Gasteiger partial charge in [-0.3, -0.25) is 0 Å². The van der Waals surface area contributed by atoms with Gasteiger partial charge in [0, 0.05) is 18.2 Å². The normalized spacial score (nSPS) is 10.8. The average Bonchev–Trinajstić information content (AvgIpc) is 3.22. The standard InChI is InChI=1S/C20H20N6O2/c1-27-15-6-3-13(4-7-15)9-10-21-19-12-17(22-20(23-19)28-2)14-5-8-16-18(11-14)25-26-24-16/h3-8,11-12H,9-10H2,1-2H3,(H,21,22,23)(H,24,25,26). The maximum absolute atomic E-state index is 5.27. The second-order valence-corrected chi connectivity index (χ2v) is 6.18. The quantitative estimate of drug-likeness (QED) is 0.511. The van der Waals surface area contributed by atoms with Crippen molar-refractivity contribution in [2.75, 3.05) is 26.1 Å². The fraction of sp³-hybridized carbons (Fsp3) is 0.200. The van der Waals surface area contributed by atoms with E-state index in [4.69, 9.17) is 9.47 Å². The Morgan fingerprint density at radius 2 is 1.71 bits per heavy atom. The van der Waals surface area contributed by atoms with Crippen molar-refractivity contribution >= 4 is 16.9 Å². The van der Waals surface area contributed by atoms with Crippen LogP contribution in [0, 0.1) is 0 Å². The lowest BCUT2D eigenvalue weighted by Crippen LogP contribution is -2.08. The summed E-state index contributed by atoms with van der Waals surface area (Å²) in [7, 11) is 3.22. The third-order valence-electron chi connectivity index (χ3n) is 4.38. The predicted octanol–water partition coefficient (Wildman–Crippen LogP) is 3.09. The maximum Gasteiger partial charge on any atom is 0.318 e. The van der Waals surface area contributed by atoms with Crippen molar-refractivity contribution in [1.82, 2.24) is 25.4 Å². The van der Waals surface area contributed by atoms with Crippen LogP contribution < -0.4 is 14.8 Å². The number of rotatable bonds is 7. The molecule has 4 aromatic rings. The van der Waals surface area contributed by atoms with Crippen LogP contribution in [0.1, 0.15) is 5.56 Å². The molecular weight excluding hydrogens is 356 g/mol. The number of nitrogens with one attached hydrogen (secondary N) is 2. The third kappa shape index (κ3) is 3.85. The van der Waals surface area contributed by atoms with E-state index < -0.39 is 0 Å². The summed E-state index contributed by atoms with van der Waals surface area (Å²) in [5.74, 6) is 1.56. The molecule has 2 aromatic heterocycles. The smallest absolute Gasteiger partial charge is 0.318 e. The second kappa shape index (κ2) is 7.91. The number of methoxy groups -OCH3 is 2. The topological polar surface area (TPSA) is 97.8 Å². The fourth-order valence-corrected chi connectivity index (χ4v) is 2.88. The second-order valence-electron chi connectivity index (χ2n) is 6.18. The van der Waals surface area contributed by atoms with Crippen LogP contribution in [-0.2, 0) is 6.42 Å². The molecule has 4 rings (SSSR count). The van der Waals surface area contributed by atoms with E-state index in [1.54, 1.807) is 14.2 Å². The molecule has 0 aliphatic heterocycles. The molecule has 0 unspecified atom stereocenters. The number of hydrogen-bond acceptors (Lipinski definition) is 7. The lowest BCUT2D eigenvalue weighted by molar-refractivity contribution is 0.381. The van der Waals surface area contributed by atoms with Crippen molar-refractivity contribution in [1.29, 1.82) is 0 Å². The van der Waals surface area contributed by atoms with E-state index in [1.165, 1.54) is 5.56 Å². The third-order valence-corrected chi connectivity index (χ3v) is 4.38. The van der Waals surface area contributed by atoms with E-state index in [9.17, 15) is 0 Å². The molecule has 0 aliphatic carbocycles. The molecule has 2 aromatic carbocycles. The van der Waals surface area contributed by atoms with Gasteiger partial charge in [0.2, 0.25) is 0 Å². The minimum atomic E-state index is 0.310. The molecule has 0 saturated heterocycles. The van der Waals surface area contributed by atoms with Gasteiger partial charge in [-0.1, -0.05) is 18.2 Å². The lowest BCUT2D eigenvalue weighted by atomic mass is 10.1. The molecule has 28 heavy (non-hydrogen) atoms. The highest BCUT2D eigenvalue weighted by Gasteiger charge is 2.09. The lowest BCUT2D eigenvalue weighted by Gasteiger charge is -2.10. The van der Waals surface area contributed by atoms with Gasteiger partial charge in [0.1, 0.15) is 22.6 Å². The first-order chi connectivity index (χ1) is 13.7. The molecule has 0 radical (unpaired) electrons. The van der Waals surface area contributed by atoms with Gasteiger partial charge >= 0.3 is 6.01 Å². The van der Waals surface area contributed by atoms with Crippen LogP contribution in [0.4, 0.5) is 5.82 Å². The Morgan fingerprint density at radius 1 is 0.893 bits per heavy atom. The summed E-state index contributed by atoms with van der Waals surface area (Å²) >= 11 is 0. The molecule has 0 fully saturated rings. The highest BCUT2D eigenvalue weighted by molar-refractivity contribution is 5.80. The Morgan fingerprint density at radius 3 is 2.50 bits per heavy atom. The Balaban J connectivity index is 1.51. The number of hydrogen-bond donors (Lipinski definition) is 2. The Labute approximate surface area is 161 Å². The van der Waals surface area contributed by atoms with Gasteiger partial charge in [0.25, 0.3) is 0 Å². The van der Waals surface area contributed by atoms with Crippen molar-refractivity contribution in [3.05, 3.63) is 54.1 Å². The highest BCUT2D eigenvalue weighted by Crippen LogP contribution is 2.24. The minimum Gasteiger partial charge on any atom is -0.497 e. The number of ether oxygens (including phenoxy) is 2. The van der Waals surface area contributed by atoms with Crippen molar-refractivity contribution in [2.45, 2.75) is 6.42 Å². The number of nitrogens with zero attached hydrogens (tertiary/aromatic N) is 4. The Hall–Kier alpha value is -3.68. The molecule has 0 saturated carbocycles. The van der Waals surface area contributed by atoms with Crippen LogP contribution in [-0.4, -0.2) is 46.1 Å². The summed E-state index contributed by atoms with van der Waals surface area (Å²) in [5.41, 5.74) is 4.47. The van der Waals surface area contributed by atoms with Gasteiger partial charge < -0.3 is 14.8 Å². The largest absolute Gasteiger partial charge is 0.497 e. The van der Waals surface area contributed by atoms with Gasteiger partial charge in [-0.2, -0.15) is 25.4 Å². The number of H-pyrrole nitrogens is 1. The zero-order valence-corrected chi connectivity index (χ0v) is 15.6. The van der Waals surface area contributed by atoms with Crippen molar-refractivity contribution in [3.63, 3.8) is 0 Å². The predicted molar refractivity (Wildman–Crippen MR) is 107 cm³/mol. The zero-order valence-electron chi connectivity index (χ0n) is 15.6. The van der Waals surface area contributed by atoms with Crippen LogP contribution in [0.5, 0.6) is 11.8 Å². The first-order valence-electron chi connectivity index (χ1n) is 8.86. The summed E-state index contributed by atoms with van der Waals surface area (Å²) in [6.07, 6.45) is 0.858. The van der Waals surface area contributed by atoms with Crippen LogP contribution in [0.25, 0.3) is 22.3 Å². The maximum atomic E-state index is 5.27. The number of aromatic amines is 1. The molecule has 142 valence electrons. The van der Waals surface area contributed by atoms with Crippen LogP contribution in [0.3, 0.4) is 0 Å². The molecule has 2 heterocycles. The summed E-state index contributed by atoms with van der Waals surface area (Å²) in [6, 6.07) is 16.0. The van der Waals surface area contributed by atoms with Crippen molar-refractivity contribution < 1.29 is 9.47 Å². The molecular formula is C20H20N6O2. The van der Waals surface area contributed by atoms with E-state index in [-0.39, 0.29) is 0 Å². The Kier molecular flexibility index (Phi) is 5.01. The molecule has 0 atom stereocenters. The van der Waals surface area contributed by atoms with Crippen LogP contribution in [0.2, 0.25) is 0 Å². The van der Waals surface area contributed by atoms with Gasteiger partial charge in [0.15, 0.2) is 0 Å². The molecule has 0 bridgehead atoms. The van der Waals surface area contributed by atoms with Crippen molar-refractivity contribution in [2.24, 2.45) is 0 Å². The molecule has 0 amide bonds. The molecule has 0 spiro atoms. The number of benzene rings is 2. The first-order valence-corrected chi connectivity index (χ1v) is 8.86. The fourth-order valence-electron chi connectivity index (χ4n) is 2.88. The van der Waals surface area contributed by atoms with Gasteiger partial charge in [0.05, 0.1) is 19.9 Å². The molecule has 8 nitrogen and oxygen atoms in total. The summed E-state index contributed by atoms with van der Waals surface area (Å²) < 4.78 is 10.5. The summed E-state index contributed by atoms with van der Waals surface area (Å²) in [5, 5.41) is 14.2. The van der Waals surface area contributed by atoms with Crippen LogP contribution >= 0.6 is 0 Å². The van der Waals surface area contributed by atoms with Crippen LogP contribution in [0.15, 0.2) is 48.5 Å². The zero-order chi connectivity index (χ0) is 19.3. The van der Waals surface area contributed by atoms with Gasteiger partial charge in [-0.05, 0) is 36.2 Å². The van der Waals surface area contributed by atoms with Gasteiger partial charge in [-0.25, -0.2) is 0 Å². The van der Waals surface area contributed by atoms with E-state index in [0.29, 0.717) is 11.8 Å². The summed E-state index contributed by atoms with van der Waals surface area (Å²) in [6.45, 7) is 0.730. The molecule has 0 aliphatic rings. The van der Waals surface area contributed by atoms with E-state index >= 15 is 0 Å². The SMILES string of the molecule is COc1ccc(CCNc2cc(-c3ccc4n[nH]nc4c3)nc(OC)n2)cc1. The summed E-state index contributed by atoms with van der Waals surface area (Å²) in [4.78, 5) is 8.84. The number of fused-ring (bicyclic) bond motifs is 1. The number of anilines is 1. The van der Waals surface area contributed by atoms with E-state index in [1.807, 2.05) is 36.4 Å². The van der Waals surface area contributed by atoms with E-state index in [2.05, 4.69) is 42.8 Å². The first kappa shape index (κ1) is 17.7. The average molecular weight is 376 g/mol. The van der Waals surface area contributed by atoms with E-state index in [0.717, 1.165) is 41.0 Å². The van der Waals surface area contributed by atoms with Gasteiger partial charge in [-0.15, -0.1) is 0 Å². The number of aromatic nitrogens is 5. The van der Waals surface area contributed by atoms with Crippen molar-refractivity contribution in [3.8, 4) is 23.0 Å².